The van der Waals surface area contributed by atoms with E-state index in [1.807, 2.05) is 74.5 Å². The van der Waals surface area contributed by atoms with Gasteiger partial charge < -0.3 is 25.8 Å². The number of amides is 2. The fourth-order valence-corrected chi connectivity index (χ4v) is 3.33. The van der Waals surface area contributed by atoms with Crippen LogP contribution in [-0.2, 0) is 32.1 Å². The topological polar surface area (TPSA) is 120 Å². The highest BCUT2D eigenvalue weighted by atomic mass is 16.6. The van der Waals surface area contributed by atoms with Crippen molar-refractivity contribution in [1.82, 2.24) is 10.6 Å². The van der Waals surface area contributed by atoms with Crippen LogP contribution in [0.2, 0.25) is 0 Å². The number of rotatable bonds is 13. The molecule has 0 saturated carbocycles. The van der Waals surface area contributed by atoms with E-state index in [-0.39, 0.29) is 13.0 Å². The second-order valence-corrected chi connectivity index (χ2v) is 8.05. The van der Waals surface area contributed by atoms with Crippen molar-refractivity contribution in [3.63, 3.8) is 0 Å². The van der Waals surface area contributed by atoms with Crippen LogP contribution in [-0.4, -0.2) is 42.7 Å². The first-order valence-corrected chi connectivity index (χ1v) is 11.7. The standard InChI is InChI=1S/C26H35N3O5/c1-3-11-21(27)23(24(30)28-16-4-2)34-25(31)22(17-19-12-7-5-8-13-19)29-26(32)33-18-20-14-9-6-10-15-20/h5-10,12-15,21-23H,3-4,11,16-18,27H2,1-2H3,(H,28,30)(H,29,32)/t21?,22-,23?/m0/s1. The van der Waals surface area contributed by atoms with Gasteiger partial charge >= 0.3 is 12.1 Å². The van der Waals surface area contributed by atoms with Crippen LogP contribution in [0.4, 0.5) is 4.79 Å². The fourth-order valence-electron chi connectivity index (χ4n) is 3.33. The molecule has 0 aliphatic rings. The molecule has 0 heterocycles. The van der Waals surface area contributed by atoms with E-state index in [1.54, 1.807) is 0 Å². The second-order valence-electron chi connectivity index (χ2n) is 8.05. The summed E-state index contributed by atoms with van der Waals surface area (Å²) in [7, 11) is 0. The Morgan fingerprint density at radius 3 is 2.12 bits per heavy atom. The van der Waals surface area contributed by atoms with Crippen LogP contribution in [0, 0.1) is 0 Å². The predicted octanol–water partition coefficient (Wildman–Crippen LogP) is 3.09. The highest BCUT2D eigenvalue weighted by Gasteiger charge is 2.33. The van der Waals surface area contributed by atoms with Gasteiger partial charge in [-0.2, -0.15) is 0 Å². The Bertz CT molecular complexity index is 892. The SMILES string of the molecule is CCCNC(=O)C(OC(=O)[C@H](Cc1ccccc1)NC(=O)OCc1ccccc1)C(N)CCC. The van der Waals surface area contributed by atoms with Gasteiger partial charge in [0.15, 0.2) is 6.10 Å². The molecule has 2 rings (SSSR count). The first-order valence-electron chi connectivity index (χ1n) is 11.7. The molecule has 184 valence electrons. The molecule has 0 spiro atoms. The molecule has 0 saturated heterocycles. The number of nitrogens with two attached hydrogens (primary N) is 1. The van der Waals surface area contributed by atoms with Crippen LogP contribution in [0.5, 0.6) is 0 Å². The van der Waals surface area contributed by atoms with Crippen LogP contribution in [0.15, 0.2) is 60.7 Å². The molecule has 0 radical (unpaired) electrons. The van der Waals surface area contributed by atoms with Crippen molar-refractivity contribution in [2.45, 2.75) is 64.3 Å². The van der Waals surface area contributed by atoms with Gasteiger partial charge in [0.25, 0.3) is 5.91 Å². The zero-order valence-corrected chi connectivity index (χ0v) is 19.9. The molecule has 0 aliphatic carbocycles. The number of carbonyl (C=O) groups is 3. The number of nitrogens with one attached hydrogen (secondary N) is 2. The quantitative estimate of drug-likeness (QED) is 0.388. The van der Waals surface area contributed by atoms with Crippen molar-refractivity contribution in [3.8, 4) is 0 Å². The minimum absolute atomic E-state index is 0.0587. The van der Waals surface area contributed by atoms with E-state index in [0.717, 1.165) is 24.0 Å². The van der Waals surface area contributed by atoms with Gasteiger partial charge in [0.05, 0.1) is 6.04 Å². The summed E-state index contributed by atoms with van der Waals surface area (Å²) in [5.74, 6) is -1.19. The number of hydrogen-bond donors (Lipinski definition) is 3. The minimum Gasteiger partial charge on any atom is -0.449 e. The second kappa shape index (κ2) is 14.7. The van der Waals surface area contributed by atoms with Crippen LogP contribution in [0.25, 0.3) is 0 Å². The molecule has 3 atom stereocenters. The van der Waals surface area contributed by atoms with Crippen LogP contribution < -0.4 is 16.4 Å². The third kappa shape index (κ3) is 9.23. The Morgan fingerprint density at radius 1 is 0.912 bits per heavy atom. The molecule has 2 unspecified atom stereocenters. The summed E-state index contributed by atoms with van der Waals surface area (Å²) in [6.07, 6.45) is 0.236. The number of esters is 1. The van der Waals surface area contributed by atoms with E-state index in [2.05, 4.69) is 10.6 Å². The van der Waals surface area contributed by atoms with E-state index < -0.39 is 36.2 Å². The zero-order valence-electron chi connectivity index (χ0n) is 19.9. The lowest BCUT2D eigenvalue weighted by Gasteiger charge is -2.26. The summed E-state index contributed by atoms with van der Waals surface area (Å²) in [6.45, 7) is 4.37. The number of ether oxygens (including phenoxy) is 2. The lowest BCUT2D eigenvalue weighted by molar-refractivity contribution is -0.159. The average molecular weight is 470 g/mol. The van der Waals surface area contributed by atoms with Crippen molar-refractivity contribution >= 4 is 18.0 Å². The Balaban J connectivity index is 2.12. The molecule has 8 heteroatoms. The largest absolute Gasteiger partial charge is 0.449 e. The average Bonchev–Trinajstić information content (AvgIpc) is 2.85. The lowest BCUT2D eigenvalue weighted by atomic mass is 10.0. The molecule has 0 fully saturated rings. The Kier molecular flexibility index (Phi) is 11.6. The van der Waals surface area contributed by atoms with Gasteiger partial charge in [0.1, 0.15) is 12.6 Å². The van der Waals surface area contributed by atoms with E-state index in [0.29, 0.717) is 13.0 Å². The number of carbonyl (C=O) groups excluding carboxylic acids is 3. The lowest BCUT2D eigenvalue weighted by Crippen LogP contribution is -2.52. The maximum Gasteiger partial charge on any atom is 0.408 e. The summed E-state index contributed by atoms with van der Waals surface area (Å²) in [5, 5.41) is 5.32. The molecule has 0 aliphatic heterocycles. The van der Waals surface area contributed by atoms with Gasteiger partial charge in [-0.1, -0.05) is 80.9 Å². The van der Waals surface area contributed by atoms with E-state index in [9.17, 15) is 14.4 Å². The van der Waals surface area contributed by atoms with Gasteiger partial charge in [-0.05, 0) is 24.0 Å². The van der Waals surface area contributed by atoms with E-state index in [1.165, 1.54) is 0 Å². The van der Waals surface area contributed by atoms with Crippen LogP contribution in [0.1, 0.15) is 44.2 Å². The first kappa shape index (κ1) is 26.9. The summed E-state index contributed by atoms with van der Waals surface area (Å²) in [6, 6.07) is 16.7. The molecular weight excluding hydrogens is 434 g/mol. The molecular formula is C26H35N3O5. The summed E-state index contributed by atoms with van der Waals surface area (Å²) < 4.78 is 10.9. The number of alkyl carbamates (subject to hydrolysis) is 1. The molecule has 34 heavy (non-hydrogen) atoms. The van der Waals surface area contributed by atoms with Crippen LogP contribution >= 0.6 is 0 Å². The zero-order chi connectivity index (χ0) is 24.8. The molecule has 2 aromatic carbocycles. The van der Waals surface area contributed by atoms with Gasteiger partial charge in [-0.15, -0.1) is 0 Å². The minimum atomic E-state index is -1.15. The monoisotopic (exact) mass is 469 g/mol. The maximum absolute atomic E-state index is 13.1. The molecule has 4 N–H and O–H groups in total. The number of hydrogen-bond acceptors (Lipinski definition) is 6. The Hall–Kier alpha value is -3.39. The molecule has 0 bridgehead atoms. The van der Waals surface area contributed by atoms with Gasteiger partial charge in [0, 0.05) is 13.0 Å². The smallest absolute Gasteiger partial charge is 0.408 e. The normalized spacial score (nSPS) is 13.3. The molecule has 2 aromatic rings. The van der Waals surface area contributed by atoms with Crippen molar-refractivity contribution in [1.29, 1.82) is 0 Å². The molecule has 0 aromatic heterocycles. The van der Waals surface area contributed by atoms with Crippen molar-refractivity contribution < 1.29 is 23.9 Å². The first-order chi connectivity index (χ1) is 16.4. The van der Waals surface area contributed by atoms with Crippen molar-refractivity contribution in [2.75, 3.05) is 6.54 Å². The van der Waals surface area contributed by atoms with E-state index >= 15 is 0 Å². The van der Waals surface area contributed by atoms with Crippen molar-refractivity contribution in [3.05, 3.63) is 71.8 Å². The fraction of sp³-hybridized carbons (Fsp3) is 0.423. The van der Waals surface area contributed by atoms with Crippen LogP contribution in [0.3, 0.4) is 0 Å². The maximum atomic E-state index is 13.1. The van der Waals surface area contributed by atoms with Gasteiger partial charge in [0.2, 0.25) is 0 Å². The van der Waals surface area contributed by atoms with Crippen molar-refractivity contribution in [2.24, 2.45) is 5.73 Å². The number of benzene rings is 2. The van der Waals surface area contributed by atoms with E-state index in [4.69, 9.17) is 15.2 Å². The summed E-state index contributed by atoms with van der Waals surface area (Å²) >= 11 is 0. The summed E-state index contributed by atoms with van der Waals surface area (Å²) in [5.41, 5.74) is 7.80. The Labute approximate surface area is 201 Å². The van der Waals surface area contributed by atoms with Gasteiger partial charge in [-0.3, -0.25) is 4.79 Å². The third-order valence-corrected chi connectivity index (χ3v) is 5.13. The highest BCUT2D eigenvalue weighted by Crippen LogP contribution is 2.11. The summed E-state index contributed by atoms with van der Waals surface area (Å²) in [4.78, 5) is 38.2. The van der Waals surface area contributed by atoms with Gasteiger partial charge in [-0.25, -0.2) is 9.59 Å². The Morgan fingerprint density at radius 2 is 1.53 bits per heavy atom. The molecule has 8 nitrogen and oxygen atoms in total. The predicted molar refractivity (Wildman–Crippen MR) is 130 cm³/mol. The third-order valence-electron chi connectivity index (χ3n) is 5.13. The molecule has 2 amide bonds. The highest BCUT2D eigenvalue weighted by molar-refractivity contribution is 5.87.